The Morgan fingerprint density at radius 1 is 1.25 bits per heavy atom. The first kappa shape index (κ1) is 18.7. The van der Waals surface area contributed by atoms with E-state index in [1.807, 2.05) is 32.0 Å². The molecular weight excluding hydrogens is 359 g/mol. The van der Waals surface area contributed by atoms with Crippen molar-refractivity contribution in [2.45, 2.75) is 57.3 Å². The number of anilines is 1. The number of rotatable bonds is 2. The summed E-state index contributed by atoms with van der Waals surface area (Å²) in [4.78, 5) is 12.7. The largest absolute Gasteiger partial charge is 0.484 e. The van der Waals surface area contributed by atoms with Crippen LogP contribution in [0.25, 0.3) is 0 Å². The second kappa shape index (κ2) is 7.09. The minimum absolute atomic E-state index is 0.198. The first-order chi connectivity index (χ1) is 13.3. The first-order valence-electron chi connectivity index (χ1n) is 9.66. The van der Waals surface area contributed by atoms with Crippen molar-refractivity contribution in [2.75, 3.05) is 5.32 Å². The van der Waals surface area contributed by atoms with Crippen LogP contribution >= 0.6 is 0 Å². The van der Waals surface area contributed by atoms with Crippen molar-refractivity contribution in [3.05, 3.63) is 58.9 Å². The molecule has 2 atom stereocenters. The molecule has 6 heteroatoms. The van der Waals surface area contributed by atoms with Crippen LogP contribution in [0.3, 0.4) is 0 Å². The van der Waals surface area contributed by atoms with Gasteiger partial charge in [-0.2, -0.15) is 0 Å². The van der Waals surface area contributed by atoms with E-state index in [2.05, 4.69) is 10.6 Å². The van der Waals surface area contributed by atoms with Crippen LogP contribution < -0.4 is 15.4 Å². The van der Waals surface area contributed by atoms with Gasteiger partial charge in [-0.15, -0.1) is 0 Å². The van der Waals surface area contributed by atoms with E-state index in [-0.39, 0.29) is 23.9 Å². The number of fused-ring (bicyclic) bond motifs is 2. The maximum absolute atomic E-state index is 14.2. The Morgan fingerprint density at radius 3 is 2.86 bits per heavy atom. The van der Waals surface area contributed by atoms with Crippen LogP contribution in [0.1, 0.15) is 49.4 Å². The zero-order valence-electron chi connectivity index (χ0n) is 16.1. The van der Waals surface area contributed by atoms with Gasteiger partial charge in [0.05, 0.1) is 12.1 Å². The second-order valence-electron chi connectivity index (χ2n) is 8.21. The highest BCUT2D eigenvalue weighted by molar-refractivity contribution is 5.90. The summed E-state index contributed by atoms with van der Waals surface area (Å²) < 4.78 is 20.0. The number of aliphatic hydroxyl groups is 1. The van der Waals surface area contributed by atoms with Gasteiger partial charge in [0.15, 0.2) is 11.6 Å². The standard InChI is InChI=1S/C22H25FN2O3/c1-22(2)12-19(15-6-4-7-17(23)20(15)28-22)25-21(27)24-18-8-3-5-13-9-10-14(26)11-16(13)18/h3-8,14,19,26H,9-12H2,1-2H3,(H2,24,25,27)/t14-,19-/m1/s1. The number of aliphatic hydroxyl groups excluding tert-OH is 1. The SMILES string of the molecule is CC1(C)C[C@@H](NC(=O)Nc2cccc3c2C[C@H](O)CC3)c2cccc(F)c2O1. The van der Waals surface area contributed by atoms with Crippen molar-refractivity contribution in [3.8, 4) is 5.75 Å². The first-order valence-corrected chi connectivity index (χ1v) is 9.66. The predicted molar refractivity (Wildman–Crippen MR) is 105 cm³/mol. The Hall–Kier alpha value is -2.60. The average Bonchev–Trinajstić information content (AvgIpc) is 2.62. The van der Waals surface area contributed by atoms with Gasteiger partial charge in [0.2, 0.25) is 0 Å². The summed E-state index contributed by atoms with van der Waals surface area (Å²) >= 11 is 0. The maximum atomic E-state index is 14.2. The van der Waals surface area contributed by atoms with Crippen LogP contribution in [0, 0.1) is 5.82 Å². The third-order valence-electron chi connectivity index (χ3n) is 5.46. The molecule has 2 amide bonds. The molecule has 2 aromatic carbocycles. The van der Waals surface area contributed by atoms with Crippen LogP contribution in [0.5, 0.6) is 5.75 Å². The third-order valence-corrected chi connectivity index (χ3v) is 5.46. The minimum Gasteiger partial charge on any atom is -0.484 e. The van der Waals surface area contributed by atoms with Gasteiger partial charge in [-0.3, -0.25) is 0 Å². The number of amides is 2. The number of ether oxygens (including phenoxy) is 1. The number of nitrogens with one attached hydrogen (secondary N) is 2. The van der Waals surface area contributed by atoms with E-state index in [0.717, 1.165) is 24.0 Å². The molecule has 0 saturated heterocycles. The highest BCUT2D eigenvalue weighted by atomic mass is 19.1. The van der Waals surface area contributed by atoms with Gasteiger partial charge in [-0.25, -0.2) is 9.18 Å². The highest BCUT2D eigenvalue weighted by Crippen LogP contribution is 2.41. The molecule has 0 bridgehead atoms. The van der Waals surface area contributed by atoms with E-state index < -0.39 is 11.4 Å². The Kier molecular flexibility index (Phi) is 4.75. The molecule has 3 N–H and O–H groups in total. The van der Waals surface area contributed by atoms with Crippen LogP contribution in [0.15, 0.2) is 36.4 Å². The van der Waals surface area contributed by atoms with Gasteiger partial charge in [-0.05, 0) is 49.9 Å². The van der Waals surface area contributed by atoms with Crippen molar-refractivity contribution >= 4 is 11.7 Å². The number of aryl methyl sites for hydroxylation is 1. The molecule has 5 nitrogen and oxygen atoms in total. The van der Waals surface area contributed by atoms with Crippen molar-refractivity contribution in [2.24, 2.45) is 0 Å². The van der Waals surface area contributed by atoms with E-state index in [0.29, 0.717) is 24.1 Å². The molecule has 0 fully saturated rings. The lowest BCUT2D eigenvalue weighted by atomic mass is 9.88. The molecule has 2 aromatic rings. The maximum Gasteiger partial charge on any atom is 0.319 e. The number of carbonyl (C=O) groups excluding carboxylic acids is 1. The van der Waals surface area contributed by atoms with E-state index in [9.17, 15) is 14.3 Å². The minimum atomic E-state index is -0.594. The van der Waals surface area contributed by atoms with E-state index in [4.69, 9.17) is 4.74 Å². The summed E-state index contributed by atoms with van der Waals surface area (Å²) in [6.45, 7) is 3.76. The fourth-order valence-corrected chi connectivity index (χ4v) is 4.16. The third kappa shape index (κ3) is 3.69. The van der Waals surface area contributed by atoms with Gasteiger partial charge in [0.1, 0.15) is 5.60 Å². The summed E-state index contributed by atoms with van der Waals surface area (Å²) in [6, 6.07) is 9.83. The second-order valence-corrected chi connectivity index (χ2v) is 8.21. The Bertz CT molecular complexity index is 913. The normalized spacial score (nSPS) is 22.4. The van der Waals surface area contributed by atoms with Gasteiger partial charge in [0, 0.05) is 24.1 Å². The van der Waals surface area contributed by atoms with E-state index in [1.54, 1.807) is 12.1 Å². The van der Waals surface area contributed by atoms with Gasteiger partial charge in [-0.1, -0.05) is 24.3 Å². The summed E-state index contributed by atoms with van der Waals surface area (Å²) in [5.41, 5.74) is 2.89. The molecule has 0 aromatic heterocycles. The van der Waals surface area contributed by atoms with Crippen molar-refractivity contribution in [3.63, 3.8) is 0 Å². The van der Waals surface area contributed by atoms with Gasteiger partial charge < -0.3 is 20.5 Å². The topological polar surface area (TPSA) is 70.6 Å². The van der Waals surface area contributed by atoms with Crippen molar-refractivity contribution < 1.29 is 19.0 Å². The molecule has 148 valence electrons. The fourth-order valence-electron chi connectivity index (χ4n) is 4.16. The van der Waals surface area contributed by atoms with Crippen LogP contribution in [-0.2, 0) is 12.8 Å². The molecule has 2 aliphatic rings. The zero-order chi connectivity index (χ0) is 19.9. The van der Waals surface area contributed by atoms with Crippen LogP contribution in [0.4, 0.5) is 14.9 Å². The van der Waals surface area contributed by atoms with E-state index >= 15 is 0 Å². The molecular formula is C22H25FN2O3. The Morgan fingerprint density at radius 2 is 2.04 bits per heavy atom. The molecule has 1 heterocycles. The number of urea groups is 1. The quantitative estimate of drug-likeness (QED) is 0.730. The zero-order valence-corrected chi connectivity index (χ0v) is 16.1. The molecule has 4 rings (SSSR count). The average molecular weight is 384 g/mol. The lowest BCUT2D eigenvalue weighted by Gasteiger charge is -2.38. The van der Waals surface area contributed by atoms with E-state index in [1.165, 1.54) is 6.07 Å². The van der Waals surface area contributed by atoms with Gasteiger partial charge >= 0.3 is 6.03 Å². The monoisotopic (exact) mass is 384 g/mol. The number of halogens is 1. The summed E-state index contributed by atoms with van der Waals surface area (Å²) in [7, 11) is 0. The lowest BCUT2D eigenvalue weighted by Crippen LogP contribution is -2.43. The molecule has 1 aliphatic carbocycles. The van der Waals surface area contributed by atoms with Gasteiger partial charge in [0.25, 0.3) is 0 Å². The van der Waals surface area contributed by atoms with Crippen molar-refractivity contribution in [1.82, 2.24) is 5.32 Å². The molecule has 1 aliphatic heterocycles. The number of hydrogen-bond acceptors (Lipinski definition) is 3. The molecule has 0 spiro atoms. The Labute approximate surface area is 163 Å². The van der Waals surface area contributed by atoms with Crippen LogP contribution in [-0.4, -0.2) is 22.8 Å². The number of carbonyl (C=O) groups is 1. The van der Waals surface area contributed by atoms with Crippen LogP contribution in [0.2, 0.25) is 0 Å². The smallest absolute Gasteiger partial charge is 0.319 e. The highest BCUT2D eigenvalue weighted by Gasteiger charge is 2.36. The number of para-hydroxylation sites is 1. The van der Waals surface area contributed by atoms with Crippen molar-refractivity contribution in [1.29, 1.82) is 0 Å². The number of benzene rings is 2. The Balaban J connectivity index is 1.55. The lowest BCUT2D eigenvalue weighted by molar-refractivity contribution is 0.0630. The molecule has 28 heavy (non-hydrogen) atoms. The number of hydrogen-bond donors (Lipinski definition) is 3. The fraction of sp³-hybridized carbons (Fsp3) is 0.409. The summed E-state index contributed by atoms with van der Waals surface area (Å²) in [6.07, 6.45) is 2.22. The molecule has 0 unspecified atom stereocenters. The summed E-state index contributed by atoms with van der Waals surface area (Å²) in [5.74, 6) is -0.229. The molecule has 0 radical (unpaired) electrons. The molecule has 0 saturated carbocycles. The summed E-state index contributed by atoms with van der Waals surface area (Å²) in [5, 5.41) is 15.9. The predicted octanol–water partition coefficient (Wildman–Crippen LogP) is 4.10.